The molecule has 1 aromatic rings. The lowest BCUT2D eigenvalue weighted by Crippen LogP contribution is -2.17. The van der Waals surface area contributed by atoms with Crippen molar-refractivity contribution >= 4 is 20.9 Å². The van der Waals surface area contributed by atoms with Crippen LogP contribution in [-0.2, 0) is 14.6 Å². The smallest absolute Gasteiger partial charge is 0.355 e. The summed E-state index contributed by atoms with van der Waals surface area (Å²) in [5.74, 6) is -0.888. The first kappa shape index (κ1) is 13.3. The van der Waals surface area contributed by atoms with Gasteiger partial charge in [-0.2, -0.15) is 0 Å². The fourth-order valence-corrected chi connectivity index (χ4v) is 2.46. The first-order valence-corrected chi connectivity index (χ1v) is 6.90. The van der Waals surface area contributed by atoms with Crippen molar-refractivity contribution < 1.29 is 23.1 Å². The van der Waals surface area contributed by atoms with Gasteiger partial charge >= 0.3 is 5.97 Å². The van der Waals surface area contributed by atoms with Crippen molar-refractivity contribution in [1.29, 1.82) is 0 Å². The number of aliphatic carboxylic acids is 1. The van der Waals surface area contributed by atoms with Crippen LogP contribution >= 0.6 is 0 Å². The average molecular weight is 281 g/mol. The predicted octanol–water partition coefficient (Wildman–Crippen LogP) is 1.13. The highest BCUT2D eigenvalue weighted by Crippen LogP contribution is 2.17. The van der Waals surface area contributed by atoms with E-state index in [9.17, 15) is 13.2 Å². The Morgan fingerprint density at radius 3 is 2.47 bits per heavy atom. The number of nitrogens with zero attached hydrogens (tertiary/aromatic N) is 1. The minimum Gasteiger partial charge on any atom is -0.487 e. The topological polar surface area (TPSA) is 93.0 Å². The second-order valence-corrected chi connectivity index (χ2v) is 5.76. The van der Waals surface area contributed by atoms with Crippen LogP contribution in [0, 0.1) is 6.92 Å². The fourth-order valence-electron chi connectivity index (χ4n) is 1.43. The lowest BCUT2D eigenvalue weighted by atomic mass is 10.2. The molecule has 0 spiro atoms. The van der Waals surface area contributed by atoms with Gasteiger partial charge in [0.1, 0.15) is 12.4 Å². The molecule has 1 aliphatic heterocycles. The largest absolute Gasteiger partial charge is 0.487 e. The van der Waals surface area contributed by atoms with Crippen LogP contribution in [0.3, 0.4) is 0 Å². The molecule has 0 radical (unpaired) electrons. The summed E-state index contributed by atoms with van der Waals surface area (Å²) >= 11 is 0. The standard InChI is InChI=1S/C12H11NO5S/c1-8-2-4-9(5-3-8)18-6-11-13-10(12(14)15)7-19(11,16)17/h2-5,7H,6H2,1H3,(H,14,15). The van der Waals surface area contributed by atoms with Crippen LogP contribution < -0.4 is 4.74 Å². The number of hydrogen-bond acceptors (Lipinski definition) is 5. The molecule has 0 saturated carbocycles. The molecule has 1 aliphatic rings. The number of aliphatic imine (C=N–C) groups is 1. The molecule has 7 heteroatoms. The molecular formula is C12H11NO5S. The monoisotopic (exact) mass is 281 g/mol. The Labute approximate surface area is 110 Å². The maximum Gasteiger partial charge on any atom is 0.355 e. The molecule has 2 rings (SSSR count). The van der Waals surface area contributed by atoms with Gasteiger partial charge in [0.15, 0.2) is 10.7 Å². The predicted molar refractivity (Wildman–Crippen MR) is 68.7 cm³/mol. The third kappa shape index (κ3) is 3.00. The van der Waals surface area contributed by atoms with Crippen LogP contribution in [0.25, 0.3) is 0 Å². The molecule has 1 heterocycles. The minimum absolute atomic E-state index is 0.293. The summed E-state index contributed by atoms with van der Waals surface area (Å²) in [7, 11) is -3.78. The molecule has 0 bridgehead atoms. The van der Waals surface area contributed by atoms with Gasteiger partial charge < -0.3 is 9.84 Å². The fraction of sp³-hybridized carbons (Fsp3) is 0.167. The van der Waals surface area contributed by atoms with E-state index < -0.39 is 21.5 Å². The Morgan fingerprint density at radius 1 is 1.32 bits per heavy atom. The number of carboxylic acids is 1. The molecule has 0 amide bonds. The zero-order valence-corrected chi connectivity index (χ0v) is 10.8. The van der Waals surface area contributed by atoms with Gasteiger partial charge in [0, 0.05) is 0 Å². The van der Waals surface area contributed by atoms with E-state index in [-0.39, 0.29) is 11.7 Å². The summed E-state index contributed by atoms with van der Waals surface area (Å²) in [6.07, 6.45) is 0. The van der Waals surface area contributed by atoms with Gasteiger partial charge in [-0.1, -0.05) is 17.7 Å². The van der Waals surface area contributed by atoms with Crippen LogP contribution in [0.2, 0.25) is 0 Å². The quantitative estimate of drug-likeness (QED) is 0.892. The molecule has 0 atom stereocenters. The van der Waals surface area contributed by atoms with Crippen LogP contribution in [0.4, 0.5) is 0 Å². The maximum absolute atomic E-state index is 11.6. The zero-order chi connectivity index (χ0) is 14.0. The lowest BCUT2D eigenvalue weighted by molar-refractivity contribution is -0.132. The van der Waals surface area contributed by atoms with E-state index in [0.29, 0.717) is 11.2 Å². The molecular weight excluding hydrogens is 270 g/mol. The lowest BCUT2D eigenvalue weighted by Gasteiger charge is -2.05. The van der Waals surface area contributed by atoms with Crippen molar-refractivity contribution in [3.63, 3.8) is 0 Å². The summed E-state index contributed by atoms with van der Waals surface area (Å²) in [6, 6.07) is 7.04. The second kappa shape index (κ2) is 4.85. The summed E-state index contributed by atoms with van der Waals surface area (Å²) in [5.41, 5.74) is 0.551. The van der Waals surface area contributed by atoms with Crippen LogP contribution in [0.5, 0.6) is 5.75 Å². The number of sulfone groups is 1. The van der Waals surface area contributed by atoms with Gasteiger partial charge in [0.25, 0.3) is 0 Å². The molecule has 0 aromatic heterocycles. The van der Waals surface area contributed by atoms with E-state index >= 15 is 0 Å². The van der Waals surface area contributed by atoms with Crippen molar-refractivity contribution in [2.24, 2.45) is 4.99 Å². The van der Waals surface area contributed by atoms with Gasteiger partial charge in [-0.05, 0) is 19.1 Å². The third-order valence-electron chi connectivity index (χ3n) is 2.44. The van der Waals surface area contributed by atoms with E-state index in [1.54, 1.807) is 12.1 Å². The number of aryl methyl sites for hydroxylation is 1. The summed E-state index contributed by atoms with van der Waals surface area (Å²) in [4.78, 5) is 14.2. The van der Waals surface area contributed by atoms with Crippen LogP contribution in [0.1, 0.15) is 5.56 Å². The van der Waals surface area contributed by atoms with Gasteiger partial charge in [0.2, 0.25) is 9.84 Å². The maximum atomic E-state index is 11.6. The van der Waals surface area contributed by atoms with Crippen molar-refractivity contribution in [2.75, 3.05) is 6.61 Å². The molecule has 19 heavy (non-hydrogen) atoms. The number of ether oxygens (including phenoxy) is 1. The van der Waals surface area contributed by atoms with Crippen molar-refractivity contribution in [3.8, 4) is 5.75 Å². The Morgan fingerprint density at radius 2 is 1.95 bits per heavy atom. The highest BCUT2D eigenvalue weighted by molar-refractivity contribution is 8.09. The minimum atomic E-state index is -3.78. The van der Waals surface area contributed by atoms with Gasteiger partial charge in [0.05, 0.1) is 5.41 Å². The second-order valence-electron chi connectivity index (χ2n) is 3.96. The summed E-state index contributed by atoms with van der Waals surface area (Å²) < 4.78 is 28.5. The number of carboxylic acid groups (broad SMARTS) is 1. The molecule has 100 valence electrons. The van der Waals surface area contributed by atoms with Gasteiger partial charge in [-0.25, -0.2) is 18.2 Å². The van der Waals surface area contributed by atoms with Crippen molar-refractivity contribution in [2.45, 2.75) is 6.92 Å². The highest BCUT2D eigenvalue weighted by Gasteiger charge is 2.28. The van der Waals surface area contributed by atoms with Gasteiger partial charge in [-0.3, -0.25) is 0 Å². The Hall–Kier alpha value is -2.15. The Balaban J connectivity index is 2.11. The molecule has 1 N–H and O–H groups in total. The molecule has 6 nitrogen and oxygen atoms in total. The molecule has 1 aromatic carbocycles. The summed E-state index contributed by atoms with van der Waals surface area (Å²) in [5, 5.41) is 9.03. The number of hydrogen-bond donors (Lipinski definition) is 1. The van der Waals surface area contributed by atoms with Gasteiger partial charge in [-0.15, -0.1) is 0 Å². The van der Waals surface area contributed by atoms with Crippen molar-refractivity contribution in [3.05, 3.63) is 40.9 Å². The third-order valence-corrected chi connectivity index (χ3v) is 3.84. The van der Waals surface area contributed by atoms with E-state index in [1.807, 2.05) is 19.1 Å². The average Bonchev–Trinajstić information content (AvgIpc) is 2.64. The van der Waals surface area contributed by atoms with Crippen molar-refractivity contribution in [1.82, 2.24) is 0 Å². The first-order valence-electron chi connectivity index (χ1n) is 5.35. The number of carbonyl (C=O) groups is 1. The SMILES string of the molecule is Cc1ccc(OCC2=NC(C(=O)O)=CS2(=O)=O)cc1. The van der Waals surface area contributed by atoms with E-state index in [1.165, 1.54) is 0 Å². The molecule has 0 aliphatic carbocycles. The number of rotatable bonds is 4. The first-order chi connectivity index (χ1) is 8.88. The Bertz CT molecular complexity index is 671. The molecule has 0 fully saturated rings. The summed E-state index contributed by atoms with van der Waals surface area (Å²) in [6.45, 7) is 1.62. The normalized spacial score (nSPS) is 16.7. The number of benzene rings is 1. The molecule has 0 saturated heterocycles. The van der Waals surface area contributed by atoms with Crippen LogP contribution in [-0.4, -0.2) is 31.1 Å². The highest BCUT2D eigenvalue weighted by atomic mass is 32.2. The van der Waals surface area contributed by atoms with E-state index in [0.717, 1.165) is 5.56 Å². The molecule has 0 unspecified atom stereocenters. The van der Waals surface area contributed by atoms with Crippen LogP contribution in [0.15, 0.2) is 40.4 Å². The zero-order valence-electron chi connectivity index (χ0n) is 10.0. The Kier molecular flexibility index (Phi) is 3.39. The van der Waals surface area contributed by atoms with E-state index in [4.69, 9.17) is 9.84 Å². The van der Waals surface area contributed by atoms with E-state index in [2.05, 4.69) is 4.99 Å².